The van der Waals surface area contributed by atoms with Crippen LogP contribution >= 0.6 is 27.3 Å². The zero-order valence-corrected chi connectivity index (χ0v) is 18.8. The summed E-state index contributed by atoms with van der Waals surface area (Å²) in [7, 11) is 0. The van der Waals surface area contributed by atoms with Gasteiger partial charge in [0.1, 0.15) is 6.54 Å². The van der Waals surface area contributed by atoms with E-state index in [2.05, 4.69) is 20.9 Å². The highest BCUT2D eigenvalue weighted by atomic mass is 79.9. The summed E-state index contributed by atoms with van der Waals surface area (Å²) in [5.74, 6) is -1.31. The fourth-order valence-corrected chi connectivity index (χ4v) is 4.06. The Morgan fingerprint density at radius 3 is 2.33 bits per heavy atom. The van der Waals surface area contributed by atoms with Gasteiger partial charge in [-0.1, -0.05) is 27.3 Å². The highest BCUT2D eigenvalue weighted by Crippen LogP contribution is 2.20. The van der Waals surface area contributed by atoms with Crippen molar-refractivity contribution in [1.82, 2.24) is 4.57 Å². The molecule has 0 spiro atoms. The molecule has 3 aromatic rings. The van der Waals surface area contributed by atoms with Crippen LogP contribution in [-0.4, -0.2) is 35.6 Å². The Bertz CT molecular complexity index is 1160. The number of thiazole rings is 1. The van der Waals surface area contributed by atoms with E-state index in [4.69, 9.17) is 9.47 Å². The first-order valence-corrected chi connectivity index (χ1v) is 10.8. The van der Waals surface area contributed by atoms with Crippen molar-refractivity contribution in [3.63, 3.8) is 0 Å². The molecule has 0 aliphatic heterocycles. The van der Waals surface area contributed by atoms with Crippen LogP contribution in [0.3, 0.4) is 0 Å². The molecule has 0 radical (unpaired) electrons. The molecule has 0 saturated heterocycles. The van der Waals surface area contributed by atoms with Gasteiger partial charge in [0.15, 0.2) is 4.80 Å². The SMILES string of the molecule is CCOC(=O)Cn1c(=NC(=O)c2ccc(Br)cc2)sc2cc(C(=O)OCC)ccc21. The predicted molar refractivity (Wildman–Crippen MR) is 116 cm³/mol. The number of fused-ring (bicyclic) bond motifs is 1. The monoisotopic (exact) mass is 490 g/mol. The number of carbonyl (C=O) groups is 3. The second-order valence-electron chi connectivity index (χ2n) is 6.10. The fourth-order valence-electron chi connectivity index (χ4n) is 2.73. The van der Waals surface area contributed by atoms with Crippen molar-refractivity contribution in [2.24, 2.45) is 4.99 Å². The van der Waals surface area contributed by atoms with Crippen molar-refractivity contribution in [3.8, 4) is 0 Å². The smallest absolute Gasteiger partial charge is 0.338 e. The summed E-state index contributed by atoms with van der Waals surface area (Å²) >= 11 is 4.54. The van der Waals surface area contributed by atoms with Crippen molar-refractivity contribution in [2.75, 3.05) is 13.2 Å². The van der Waals surface area contributed by atoms with E-state index in [1.54, 1.807) is 60.9 Å². The summed E-state index contributed by atoms with van der Waals surface area (Å²) in [6.07, 6.45) is 0. The number of halogens is 1. The number of ether oxygens (including phenoxy) is 2. The van der Waals surface area contributed by atoms with Gasteiger partial charge in [-0.05, 0) is 56.3 Å². The Kier molecular flexibility index (Phi) is 7.17. The number of hydrogen-bond donors (Lipinski definition) is 0. The minimum Gasteiger partial charge on any atom is -0.465 e. The minimum atomic E-state index is -0.441. The predicted octanol–water partition coefficient (Wildman–Crippen LogP) is 3.95. The molecule has 0 aliphatic rings. The molecule has 1 heterocycles. The van der Waals surface area contributed by atoms with Crippen LogP contribution in [0.4, 0.5) is 0 Å². The maximum absolute atomic E-state index is 12.6. The molecule has 0 bridgehead atoms. The van der Waals surface area contributed by atoms with Gasteiger partial charge in [-0.25, -0.2) is 4.79 Å². The third kappa shape index (κ3) is 5.03. The lowest BCUT2D eigenvalue weighted by Gasteiger charge is -2.06. The molecule has 0 aliphatic carbocycles. The first kappa shape index (κ1) is 21.9. The Morgan fingerprint density at radius 2 is 1.67 bits per heavy atom. The van der Waals surface area contributed by atoms with Crippen molar-refractivity contribution in [1.29, 1.82) is 0 Å². The van der Waals surface area contributed by atoms with Gasteiger partial charge >= 0.3 is 11.9 Å². The van der Waals surface area contributed by atoms with Gasteiger partial charge in [0, 0.05) is 10.0 Å². The minimum absolute atomic E-state index is 0.0982. The van der Waals surface area contributed by atoms with Crippen LogP contribution in [-0.2, 0) is 20.8 Å². The van der Waals surface area contributed by atoms with Gasteiger partial charge in [0.25, 0.3) is 5.91 Å². The van der Waals surface area contributed by atoms with Gasteiger partial charge < -0.3 is 14.0 Å². The molecule has 30 heavy (non-hydrogen) atoms. The van der Waals surface area contributed by atoms with E-state index in [1.807, 2.05) is 0 Å². The first-order chi connectivity index (χ1) is 14.4. The number of rotatable bonds is 6. The molecule has 3 rings (SSSR count). The molecule has 1 aromatic heterocycles. The zero-order valence-electron chi connectivity index (χ0n) is 16.4. The summed E-state index contributed by atoms with van der Waals surface area (Å²) in [5.41, 5.74) is 1.48. The highest BCUT2D eigenvalue weighted by Gasteiger charge is 2.15. The van der Waals surface area contributed by atoms with Crippen LogP contribution in [0.1, 0.15) is 34.6 Å². The molecule has 0 N–H and O–H groups in total. The summed E-state index contributed by atoms with van der Waals surface area (Å²) in [5, 5.41) is 0. The van der Waals surface area contributed by atoms with Gasteiger partial charge in [-0.3, -0.25) is 9.59 Å². The number of benzene rings is 2. The fraction of sp³-hybridized carbons (Fsp3) is 0.238. The lowest BCUT2D eigenvalue weighted by molar-refractivity contribution is -0.143. The van der Waals surface area contributed by atoms with Crippen molar-refractivity contribution in [3.05, 3.63) is 62.9 Å². The number of aromatic nitrogens is 1. The average molecular weight is 491 g/mol. The molecule has 0 atom stereocenters. The van der Waals surface area contributed by atoms with Crippen LogP contribution in [0, 0.1) is 0 Å². The molecular weight excluding hydrogens is 472 g/mol. The molecule has 7 nitrogen and oxygen atoms in total. The summed E-state index contributed by atoms with van der Waals surface area (Å²) < 4.78 is 13.3. The molecule has 1 amide bonds. The standard InChI is InChI=1S/C21H19BrN2O5S/c1-3-28-18(25)12-24-16-10-7-14(20(27)29-4-2)11-17(16)30-21(24)23-19(26)13-5-8-15(22)9-6-13/h5-11H,3-4,12H2,1-2H3. The van der Waals surface area contributed by atoms with Crippen molar-refractivity contribution in [2.45, 2.75) is 20.4 Å². The van der Waals surface area contributed by atoms with Crippen LogP contribution in [0.5, 0.6) is 0 Å². The Balaban J connectivity index is 2.09. The zero-order chi connectivity index (χ0) is 21.7. The van der Waals surface area contributed by atoms with E-state index in [-0.39, 0.29) is 19.8 Å². The lowest BCUT2D eigenvalue weighted by Crippen LogP contribution is -2.23. The topological polar surface area (TPSA) is 87.0 Å². The number of hydrogen-bond acceptors (Lipinski definition) is 6. The van der Waals surface area contributed by atoms with Crippen LogP contribution in [0.15, 0.2) is 51.9 Å². The molecular formula is C21H19BrN2O5S. The van der Waals surface area contributed by atoms with Crippen molar-refractivity contribution >= 4 is 55.3 Å². The Hall–Kier alpha value is -2.78. The molecule has 0 saturated carbocycles. The summed E-state index contributed by atoms with van der Waals surface area (Å²) in [6.45, 7) is 3.88. The highest BCUT2D eigenvalue weighted by molar-refractivity contribution is 9.10. The molecule has 0 unspecified atom stereocenters. The van der Waals surface area contributed by atoms with E-state index in [9.17, 15) is 14.4 Å². The maximum Gasteiger partial charge on any atom is 0.338 e. The van der Waals surface area contributed by atoms with E-state index in [0.717, 1.165) is 4.47 Å². The third-order valence-corrected chi connectivity index (χ3v) is 5.64. The summed E-state index contributed by atoms with van der Waals surface area (Å²) in [6, 6.07) is 11.8. The average Bonchev–Trinajstić information content (AvgIpc) is 3.05. The van der Waals surface area contributed by atoms with Crippen LogP contribution < -0.4 is 4.80 Å². The van der Waals surface area contributed by atoms with Crippen LogP contribution in [0.2, 0.25) is 0 Å². The van der Waals surface area contributed by atoms with E-state index in [0.29, 0.717) is 26.1 Å². The van der Waals surface area contributed by atoms with Gasteiger partial charge in [0.05, 0.1) is 29.0 Å². The van der Waals surface area contributed by atoms with E-state index < -0.39 is 17.8 Å². The Labute approximate surface area is 185 Å². The van der Waals surface area contributed by atoms with Gasteiger partial charge in [0.2, 0.25) is 0 Å². The lowest BCUT2D eigenvalue weighted by atomic mass is 10.2. The quantitative estimate of drug-likeness (QED) is 0.488. The van der Waals surface area contributed by atoms with E-state index >= 15 is 0 Å². The summed E-state index contributed by atoms with van der Waals surface area (Å²) in [4.78, 5) is 41.4. The molecule has 0 fully saturated rings. The maximum atomic E-state index is 12.6. The normalized spacial score (nSPS) is 11.5. The number of amides is 1. The molecule has 2 aromatic carbocycles. The number of nitrogens with zero attached hydrogens (tertiary/aromatic N) is 2. The number of esters is 2. The largest absolute Gasteiger partial charge is 0.465 e. The Morgan fingerprint density at radius 1 is 1.00 bits per heavy atom. The van der Waals surface area contributed by atoms with Crippen molar-refractivity contribution < 1.29 is 23.9 Å². The van der Waals surface area contributed by atoms with Crippen LogP contribution in [0.25, 0.3) is 10.2 Å². The van der Waals surface area contributed by atoms with E-state index in [1.165, 1.54) is 11.3 Å². The number of carbonyl (C=O) groups excluding carboxylic acids is 3. The molecule has 156 valence electrons. The molecule has 9 heteroatoms. The van der Waals surface area contributed by atoms with Gasteiger partial charge in [-0.15, -0.1) is 0 Å². The third-order valence-electron chi connectivity index (χ3n) is 4.07. The van der Waals surface area contributed by atoms with Gasteiger partial charge in [-0.2, -0.15) is 4.99 Å². The second-order valence-corrected chi connectivity index (χ2v) is 8.03. The second kappa shape index (κ2) is 9.82. The first-order valence-electron chi connectivity index (χ1n) is 9.23.